The van der Waals surface area contributed by atoms with Gasteiger partial charge in [0.05, 0.1) is 0 Å². The molecule has 0 aliphatic carbocycles. The topological polar surface area (TPSA) is 53.4 Å². The van der Waals surface area contributed by atoms with Gasteiger partial charge in [0.25, 0.3) is 0 Å². The van der Waals surface area contributed by atoms with Crippen LogP contribution in [0.4, 0.5) is 5.82 Å². The predicted molar refractivity (Wildman–Crippen MR) is 78.0 cm³/mol. The van der Waals surface area contributed by atoms with E-state index < -0.39 is 5.97 Å². The van der Waals surface area contributed by atoms with Crippen molar-refractivity contribution in [2.75, 3.05) is 18.0 Å². The first-order valence-corrected chi connectivity index (χ1v) is 7.05. The molecule has 0 aromatic carbocycles. The first kappa shape index (κ1) is 15.5. The number of hydrogen-bond acceptors (Lipinski definition) is 3. The van der Waals surface area contributed by atoms with Crippen LogP contribution in [0.25, 0.3) is 0 Å². The molecule has 106 valence electrons. The highest BCUT2D eigenvalue weighted by molar-refractivity contribution is 5.94. The van der Waals surface area contributed by atoms with Gasteiger partial charge in [0, 0.05) is 19.3 Å². The molecule has 19 heavy (non-hydrogen) atoms. The van der Waals surface area contributed by atoms with E-state index in [0.29, 0.717) is 11.4 Å². The normalized spacial score (nSPS) is 10.5. The lowest BCUT2D eigenvalue weighted by atomic mass is 10.1. The van der Waals surface area contributed by atoms with Crippen molar-refractivity contribution in [3.63, 3.8) is 0 Å². The van der Waals surface area contributed by atoms with Crippen molar-refractivity contribution >= 4 is 11.8 Å². The van der Waals surface area contributed by atoms with Crippen LogP contribution in [0.15, 0.2) is 12.3 Å². The van der Waals surface area contributed by atoms with E-state index in [9.17, 15) is 9.90 Å². The van der Waals surface area contributed by atoms with Crippen LogP contribution in [0.1, 0.15) is 55.5 Å². The van der Waals surface area contributed by atoms with Gasteiger partial charge in [-0.25, -0.2) is 9.78 Å². The third-order valence-corrected chi connectivity index (χ3v) is 3.22. The molecule has 1 aromatic rings. The van der Waals surface area contributed by atoms with Crippen LogP contribution < -0.4 is 4.90 Å². The number of unbranched alkanes of at least 4 members (excludes halogenated alkanes) is 2. The van der Waals surface area contributed by atoms with Crippen LogP contribution in [0.2, 0.25) is 0 Å². The highest BCUT2D eigenvalue weighted by atomic mass is 16.4. The third kappa shape index (κ3) is 4.23. The number of pyridine rings is 1. The molecule has 0 spiro atoms. The number of nitrogens with zero attached hydrogens (tertiary/aromatic N) is 2. The molecule has 4 nitrogen and oxygen atoms in total. The summed E-state index contributed by atoms with van der Waals surface area (Å²) in [6.45, 7) is 7.84. The fraction of sp³-hybridized carbons (Fsp3) is 0.600. The Hall–Kier alpha value is -1.58. The zero-order valence-corrected chi connectivity index (χ0v) is 12.1. The predicted octanol–water partition coefficient (Wildman–Crippen LogP) is 3.49. The zero-order chi connectivity index (χ0) is 14.3. The smallest absolute Gasteiger partial charge is 0.339 e. The number of carbonyl (C=O) groups is 1. The van der Waals surface area contributed by atoms with E-state index in [1.54, 1.807) is 12.3 Å². The van der Waals surface area contributed by atoms with Crippen molar-refractivity contribution in [2.45, 2.75) is 46.5 Å². The summed E-state index contributed by atoms with van der Waals surface area (Å²) in [5.74, 6) is -0.270. The molecule has 0 saturated carbocycles. The molecule has 4 heteroatoms. The van der Waals surface area contributed by atoms with Crippen LogP contribution in [0.5, 0.6) is 0 Å². The molecule has 0 aliphatic heterocycles. The molecular formula is C15H24N2O2. The molecule has 1 heterocycles. The molecule has 0 amide bonds. The van der Waals surface area contributed by atoms with Gasteiger partial charge in [0.2, 0.25) is 0 Å². The fourth-order valence-corrected chi connectivity index (χ4v) is 2.07. The average molecular weight is 264 g/mol. The standard InChI is InChI=1S/C15H24N2O2/c1-4-6-10-17(11-7-5-2)14-13(15(18)19)12(3)8-9-16-14/h8-9H,4-7,10-11H2,1-3H3,(H,18,19). The molecule has 1 aromatic heterocycles. The zero-order valence-electron chi connectivity index (χ0n) is 12.1. The van der Waals surface area contributed by atoms with Gasteiger partial charge in [-0.3, -0.25) is 0 Å². The lowest BCUT2D eigenvalue weighted by Crippen LogP contribution is -2.28. The number of carboxylic acids is 1. The van der Waals surface area contributed by atoms with Gasteiger partial charge in [-0.15, -0.1) is 0 Å². The van der Waals surface area contributed by atoms with E-state index in [1.165, 1.54) is 0 Å². The van der Waals surface area contributed by atoms with E-state index in [-0.39, 0.29) is 0 Å². The minimum absolute atomic E-state index is 0.342. The summed E-state index contributed by atoms with van der Waals surface area (Å²) in [6, 6.07) is 1.75. The quantitative estimate of drug-likeness (QED) is 0.781. The Morgan fingerprint density at radius 1 is 1.26 bits per heavy atom. The summed E-state index contributed by atoms with van der Waals surface area (Å²) in [4.78, 5) is 17.9. The Morgan fingerprint density at radius 3 is 2.32 bits per heavy atom. The van der Waals surface area contributed by atoms with Crippen LogP contribution in [-0.4, -0.2) is 29.1 Å². The summed E-state index contributed by atoms with van der Waals surface area (Å²) in [7, 11) is 0. The van der Waals surface area contributed by atoms with Gasteiger partial charge < -0.3 is 10.0 Å². The van der Waals surface area contributed by atoms with Crippen LogP contribution in [0, 0.1) is 6.92 Å². The number of rotatable bonds is 8. The van der Waals surface area contributed by atoms with Gasteiger partial charge in [-0.1, -0.05) is 26.7 Å². The minimum atomic E-state index is -0.890. The summed E-state index contributed by atoms with van der Waals surface area (Å²) < 4.78 is 0. The van der Waals surface area contributed by atoms with Crippen LogP contribution >= 0.6 is 0 Å². The molecule has 1 N–H and O–H groups in total. The summed E-state index contributed by atoms with van der Waals surface area (Å²) in [6.07, 6.45) is 5.99. The second kappa shape index (κ2) is 7.77. The van der Waals surface area contributed by atoms with E-state index in [0.717, 1.165) is 44.3 Å². The summed E-state index contributed by atoms with van der Waals surface area (Å²) >= 11 is 0. The maximum absolute atomic E-state index is 11.4. The molecule has 0 fully saturated rings. The maximum atomic E-state index is 11.4. The van der Waals surface area contributed by atoms with Crippen molar-refractivity contribution in [1.82, 2.24) is 4.98 Å². The van der Waals surface area contributed by atoms with E-state index in [4.69, 9.17) is 0 Å². The molecule has 0 unspecified atom stereocenters. The lowest BCUT2D eigenvalue weighted by Gasteiger charge is -2.25. The number of carboxylic acid groups (broad SMARTS) is 1. The Labute approximate surface area is 115 Å². The first-order chi connectivity index (χ1) is 9.11. The van der Waals surface area contributed by atoms with Crippen molar-refractivity contribution in [3.8, 4) is 0 Å². The van der Waals surface area contributed by atoms with Crippen molar-refractivity contribution in [1.29, 1.82) is 0 Å². The molecule has 0 aliphatic rings. The van der Waals surface area contributed by atoms with Crippen LogP contribution in [0.3, 0.4) is 0 Å². The Kier molecular flexibility index (Phi) is 6.33. The molecule has 0 radical (unpaired) electrons. The third-order valence-electron chi connectivity index (χ3n) is 3.22. The van der Waals surface area contributed by atoms with Gasteiger partial charge in [-0.2, -0.15) is 0 Å². The molecule has 0 saturated heterocycles. The van der Waals surface area contributed by atoms with Gasteiger partial charge in [0.15, 0.2) is 0 Å². The Morgan fingerprint density at radius 2 is 1.84 bits per heavy atom. The average Bonchev–Trinajstić information content (AvgIpc) is 2.38. The first-order valence-electron chi connectivity index (χ1n) is 7.05. The fourth-order valence-electron chi connectivity index (χ4n) is 2.07. The number of anilines is 1. The van der Waals surface area contributed by atoms with Gasteiger partial charge in [0.1, 0.15) is 11.4 Å². The number of hydrogen-bond donors (Lipinski definition) is 1. The molecule has 0 bridgehead atoms. The van der Waals surface area contributed by atoms with E-state index in [1.807, 2.05) is 6.92 Å². The molecule has 1 rings (SSSR count). The van der Waals surface area contributed by atoms with E-state index in [2.05, 4.69) is 23.7 Å². The summed E-state index contributed by atoms with van der Waals surface area (Å²) in [5.41, 5.74) is 1.12. The summed E-state index contributed by atoms with van der Waals surface area (Å²) in [5, 5.41) is 9.38. The van der Waals surface area contributed by atoms with Crippen LogP contribution in [-0.2, 0) is 0 Å². The number of aryl methyl sites for hydroxylation is 1. The van der Waals surface area contributed by atoms with Crippen molar-refractivity contribution in [3.05, 3.63) is 23.4 Å². The number of aromatic carboxylic acids is 1. The largest absolute Gasteiger partial charge is 0.478 e. The second-order valence-corrected chi connectivity index (χ2v) is 4.83. The SMILES string of the molecule is CCCCN(CCCC)c1nccc(C)c1C(=O)O. The highest BCUT2D eigenvalue weighted by Crippen LogP contribution is 2.22. The molecular weight excluding hydrogens is 240 g/mol. The highest BCUT2D eigenvalue weighted by Gasteiger charge is 2.19. The number of aromatic nitrogens is 1. The second-order valence-electron chi connectivity index (χ2n) is 4.83. The van der Waals surface area contributed by atoms with E-state index >= 15 is 0 Å². The van der Waals surface area contributed by atoms with Gasteiger partial charge >= 0.3 is 5.97 Å². The van der Waals surface area contributed by atoms with Crippen molar-refractivity contribution < 1.29 is 9.90 Å². The lowest BCUT2D eigenvalue weighted by molar-refractivity contribution is 0.0696. The minimum Gasteiger partial charge on any atom is -0.478 e. The van der Waals surface area contributed by atoms with Crippen molar-refractivity contribution in [2.24, 2.45) is 0 Å². The maximum Gasteiger partial charge on any atom is 0.339 e. The molecule has 0 atom stereocenters. The Bertz CT molecular complexity index is 411. The van der Waals surface area contributed by atoms with Gasteiger partial charge in [-0.05, 0) is 31.4 Å². The Balaban J connectivity index is 3.06. The monoisotopic (exact) mass is 264 g/mol.